The minimum absolute atomic E-state index is 0.0691. The summed E-state index contributed by atoms with van der Waals surface area (Å²) in [4.78, 5) is 14.3. The van der Waals surface area contributed by atoms with Crippen molar-refractivity contribution in [2.24, 2.45) is 0 Å². The molecule has 25 heavy (non-hydrogen) atoms. The number of carbonyl (C=O) groups excluding carboxylic acids is 1. The van der Waals surface area contributed by atoms with Gasteiger partial charge in [-0.1, -0.05) is 36.4 Å². The Hall–Kier alpha value is -2.53. The maximum absolute atomic E-state index is 12.6. The van der Waals surface area contributed by atoms with Gasteiger partial charge < -0.3 is 20.1 Å². The lowest BCUT2D eigenvalue weighted by Crippen LogP contribution is -2.47. The van der Waals surface area contributed by atoms with Crippen molar-refractivity contribution >= 4 is 6.03 Å². The molecular formula is C20H24N2O3. The summed E-state index contributed by atoms with van der Waals surface area (Å²) in [5.41, 5.74) is 3.36. The monoisotopic (exact) mass is 340 g/mol. The molecule has 1 heterocycles. The molecule has 2 aromatic rings. The number of hydrogen-bond donors (Lipinski definition) is 2. The first-order valence-electron chi connectivity index (χ1n) is 8.59. The molecule has 132 valence electrons. The maximum atomic E-state index is 12.6. The Bertz CT molecular complexity index is 732. The number of methoxy groups -OCH3 is 1. The van der Waals surface area contributed by atoms with E-state index in [1.54, 1.807) is 12.0 Å². The second-order valence-electron chi connectivity index (χ2n) is 6.17. The topological polar surface area (TPSA) is 61.8 Å². The minimum Gasteiger partial charge on any atom is -0.497 e. The summed E-state index contributed by atoms with van der Waals surface area (Å²) in [5.74, 6) is 0.816. The van der Waals surface area contributed by atoms with Crippen molar-refractivity contribution in [1.29, 1.82) is 0 Å². The number of ether oxygens (including phenoxy) is 1. The summed E-state index contributed by atoms with van der Waals surface area (Å²) in [6, 6.07) is 15.4. The maximum Gasteiger partial charge on any atom is 0.318 e. The second kappa shape index (κ2) is 8.03. The summed E-state index contributed by atoms with van der Waals surface area (Å²) in [7, 11) is 1.64. The van der Waals surface area contributed by atoms with Gasteiger partial charge in [0.15, 0.2) is 0 Å². The lowest BCUT2D eigenvalue weighted by molar-refractivity contribution is 0.127. The zero-order valence-electron chi connectivity index (χ0n) is 14.4. The Morgan fingerprint density at radius 2 is 2.12 bits per heavy atom. The van der Waals surface area contributed by atoms with E-state index in [0.29, 0.717) is 13.1 Å². The van der Waals surface area contributed by atoms with E-state index < -0.39 is 0 Å². The average molecular weight is 340 g/mol. The second-order valence-corrected chi connectivity index (χ2v) is 6.17. The number of carbonyl (C=O) groups is 1. The van der Waals surface area contributed by atoms with E-state index >= 15 is 0 Å². The first-order chi connectivity index (χ1) is 12.2. The molecule has 1 atom stereocenters. The number of fused-ring (bicyclic) bond motifs is 1. The van der Waals surface area contributed by atoms with Crippen molar-refractivity contribution in [2.75, 3.05) is 26.8 Å². The molecule has 3 rings (SSSR count). The lowest BCUT2D eigenvalue weighted by Gasteiger charge is -2.36. The fourth-order valence-corrected chi connectivity index (χ4v) is 3.33. The molecule has 0 saturated carbocycles. The van der Waals surface area contributed by atoms with E-state index in [-0.39, 0.29) is 18.7 Å². The van der Waals surface area contributed by atoms with Gasteiger partial charge >= 0.3 is 6.03 Å². The molecule has 2 amide bonds. The van der Waals surface area contributed by atoms with E-state index in [2.05, 4.69) is 11.4 Å². The van der Waals surface area contributed by atoms with E-state index in [0.717, 1.165) is 29.7 Å². The van der Waals surface area contributed by atoms with Crippen LogP contribution in [0.15, 0.2) is 48.5 Å². The predicted octanol–water partition coefficient (Wildman–Crippen LogP) is 2.54. The fraction of sp³-hybridized carbons (Fsp3) is 0.350. The molecule has 1 aliphatic heterocycles. The Balaban J connectivity index is 1.59. The molecule has 0 aliphatic carbocycles. The molecule has 2 N–H and O–H groups in total. The van der Waals surface area contributed by atoms with Crippen LogP contribution in [0.4, 0.5) is 4.79 Å². The molecule has 0 aromatic heterocycles. The third-order valence-electron chi connectivity index (χ3n) is 4.67. The van der Waals surface area contributed by atoms with Gasteiger partial charge in [-0.15, -0.1) is 0 Å². The molecular weight excluding hydrogens is 316 g/mol. The smallest absolute Gasteiger partial charge is 0.318 e. The van der Waals surface area contributed by atoms with Crippen molar-refractivity contribution in [2.45, 2.75) is 18.9 Å². The number of hydrogen-bond acceptors (Lipinski definition) is 3. The van der Waals surface area contributed by atoms with Gasteiger partial charge in [0.2, 0.25) is 0 Å². The Kier molecular flexibility index (Phi) is 5.56. The van der Waals surface area contributed by atoms with Crippen LogP contribution in [0.2, 0.25) is 0 Å². The van der Waals surface area contributed by atoms with Crippen molar-refractivity contribution in [3.63, 3.8) is 0 Å². The highest BCUT2D eigenvalue weighted by atomic mass is 16.5. The summed E-state index contributed by atoms with van der Waals surface area (Å²) < 4.78 is 5.22. The zero-order chi connectivity index (χ0) is 17.6. The number of nitrogens with one attached hydrogen (secondary N) is 1. The van der Waals surface area contributed by atoms with Crippen LogP contribution in [0.1, 0.15) is 22.7 Å². The van der Waals surface area contributed by atoms with Crippen LogP contribution in [0.25, 0.3) is 0 Å². The van der Waals surface area contributed by atoms with Crippen LogP contribution in [0.3, 0.4) is 0 Å². The number of aliphatic hydroxyl groups excluding tert-OH is 1. The highest BCUT2D eigenvalue weighted by Crippen LogP contribution is 2.29. The molecule has 0 radical (unpaired) electrons. The molecule has 0 fully saturated rings. The molecule has 1 aliphatic rings. The van der Waals surface area contributed by atoms with Gasteiger partial charge in [0.05, 0.1) is 19.8 Å². The van der Waals surface area contributed by atoms with Gasteiger partial charge in [0.25, 0.3) is 0 Å². The standard InChI is InChI=1S/C20H24N2O3/c1-25-17-7-4-5-15(13-17)9-11-21-20(24)22-12-10-16-6-2-3-8-18(16)19(22)14-23/h2-8,13,19,23H,9-12,14H2,1H3,(H,21,24). The van der Waals surface area contributed by atoms with Crippen molar-refractivity contribution in [3.8, 4) is 5.75 Å². The van der Waals surface area contributed by atoms with E-state index in [4.69, 9.17) is 4.74 Å². The molecule has 1 unspecified atom stereocenters. The molecule has 5 heteroatoms. The zero-order valence-corrected chi connectivity index (χ0v) is 14.4. The van der Waals surface area contributed by atoms with E-state index in [1.807, 2.05) is 42.5 Å². The lowest BCUT2D eigenvalue weighted by atomic mass is 9.93. The predicted molar refractivity (Wildman–Crippen MR) is 96.8 cm³/mol. The summed E-state index contributed by atoms with van der Waals surface area (Å²) in [6.45, 7) is 1.09. The van der Waals surface area contributed by atoms with Gasteiger partial charge in [0.1, 0.15) is 5.75 Å². The number of benzene rings is 2. The first kappa shape index (κ1) is 17.3. The SMILES string of the molecule is COc1cccc(CCNC(=O)N2CCc3ccccc3C2CO)c1. The first-order valence-corrected chi connectivity index (χ1v) is 8.59. The van der Waals surface area contributed by atoms with E-state index in [9.17, 15) is 9.90 Å². The summed E-state index contributed by atoms with van der Waals surface area (Å²) in [5, 5.41) is 12.8. The number of urea groups is 1. The molecule has 0 saturated heterocycles. The third-order valence-corrected chi connectivity index (χ3v) is 4.67. The molecule has 0 spiro atoms. The van der Waals surface area contributed by atoms with Crippen LogP contribution >= 0.6 is 0 Å². The van der Waals surface area contributed by atoms with Crippen LogP contribution in [-0.2, 0) is 12.8 Å². The fourth-order valence-electron chi connectivity index (χ4n) is 3.33. The minimum atomic E-state index is -0.276. The number of amides is 2. The van der Waals surface area contributed by atoms with Crippen LogP contribution in [0.5, 0.6) is 5.75 Å². The van der Waals surface area contributed by atoms with Crippen molar-refractivity contribution < 1.29 is 14.6 Å². The Labute approximate surface area is 148 Å². The molecule has 5 nitrogen and oxygen atoms in total. The van der Waals surface area contributed by atoms with Crippen LogP contribution < -0.4 is 10.1 Å². The molecule has 0 bridgehead atoms. The Morgan fingerprint density at radius 3 is 2.92 bits per heavy atom. The van der Waals surface area contributed by atoms with Crippen molar-refractivity contribution in [3.05, 3.63) is 65.2 Å². The average Bonchev–Trinajstić information content (AvgIpc) is 2.67. The highest BCUT2D eigenvalue weighted by Gasteiger charge is 2.29. The van der Waals surface area contributed by atoms with Gasteiger partial charge in [-0.3, -0.25) is 0 Å². The highest BCUT2D eigenvalue weighted by molar-refractivity contribution is 5.75. The van der Waals surface area contributed by atoms with Gasteiger partial charge in [0, 0.05) is 13.1 Å². The summed E-state index contributed by atoms with van der Waals surface area (Å²) in [6.07, 6.45) is 1.55. The van der Waals surface area contributed by atoms with Gasteiger partial charge in [-0.05, 0) is 41.7 Å². The molecule has 2 aromatic carbocycles. The Morgan fingerprint density at radius 1 is 1.28 bits per heavy atom. The van der Waals surface area contributed by atoms with Crippen molar-refractivity contribution in [1.82, 2.24) is 10.2 Å². The van der Waals surface area contributed by atoms with Crippen LogP contribution in [0, 0.1) is 0 Å². The van der Waals surface area contributed by atoms with Gasteiger partial charge in [-0.2, -0.15) is 0 Å². The quantitative estimate of drug-likeness (QED) is 0.879. The number of nitrogens with zero attached hydrogens (tertiary/aromatic N) is 1. The van der Waals surface area contributed by atoms with Gasteiger partial charge in [-0.25, -0.2) is 4.79 Å². The normalized spacial score (nSPS) is 16.2. The number of rotatable bonds is 5. The largest absolute Gasteiger partial charge is 0.497 e. The van der Waals surface area contributed by atoms with Crippen LogP contribution in [-0.4, -0.2) is 42.8 Å². The van der Waals surface area contributed by atoms with E-state index in [1.165, 1.54) is 5.56 Å². The summed E-state index contributed by atoms with van der Waals surface area (Å²) >= 11 is 0. The third kappa shape index (κ3) is 3.94. The number of aliphatic hydroxyl groups is 1.